The molecule has 1 unspecified atom stereocenters. The van der Waals surface area contributed by atoms with Gasteiger partial charge in [-0.15, -0.1) is 11.3 Å². The second-order valence-electron chi connectivity index (χ2n) is 18.5. The smallest absolute Gasteiger partial charge is 0.238 e. The van der Waals surface area contributed by atoms with Crippen molar-refractivity contribution in [2.45, 2.75) is 19.3 Å². The van der Waals surface area contributed by atoms with Gasteiger partial charge in [0.15, 0.2) is 11.6 Å². The maximum Gasteiger partial charge on any atom is 0.238 e. The normalized spacial score (nSPS) is 13.9. The van der Waals surface area contributed by atoms with Crippen LogP contribution in [0.1, 0.15) is 30.5 Å². The number of thiophene rings is 1. The Morgan fingerprint density at radius 2 is 0.986 bits per heavy atom. The Kier molecular flexibility index (Phi) is 8.18. The predicted octanol–water partition coefficient (Wildman–Crippen LogP) is 16.4. The van der Waals surface area contributed by atoms with Crippen LogP contribution >= 0.6 is 11.3 Å². The molecule has 324 valence electrons. The fraction of sp³-hybridized carbons (Fsp3) is 0.0484. The van der Waals surface area contributed by atoms with Gasteiger partial charge in [-0.25, -0.2) is 4.98 Å². The van der Waals surface area contributed by atoms with Crippen LogP contribution in [0.15, 0.2) is 200 Å². The van der Waals surface area contributed by atoms with Gasteiger partial charge in [-0.3, -0.25) is 4.57 Å². The summed E-state index contributed by atoms with van der Waals surface area (Å²) in [5, 5.41) is 10.7. The molecule has 0 saturated heterocycles. The number of benzene rings is 9. The lowest BCUT2D eigenvalue weighted by Crippen LogP contribution is -2.08. The van der Waals surface area contributed by atoms with E-state index in [1.807, 2.05) is 11.3 Å². The lowest BCUT2D eigenvalue weighted by molar-refractivity contribution is 0.768. The quantitative estimate of drug-likeness (QED) is 0.173. The number of fused-ring (bicyclic) bond motifs is 13. The number of nitrogens with zero attached hydrogens (tertiary/aromatic N) is 6. The van der Waals surface area contributed by atoms with Crippen LogP contribution in [0.3, 0.4) is 0 Å². The Morgan fingerprint density at radius 1 is 0.449 bits per heavy atom. The van der Waals surface area contributed by atoms with Crippen molar-refractivity contribution in [1.82, 2.24) is 28.7 Å². The summed E-state index contributed by atoms with van der Waals surface area (Å²) in [6, 6.07) is 70.1. The molecule has 0 aliphatic heterocycles. The molecular weight excluding hydrogens is 861 g/mol. The van der Waals surface area contributed by atoms with E-state index in [1.165, 1.54) is 64.0 Å². The van der Waals surface area contributed by atoms with Crippen LogP contribution in [0, 0.1) is 0 Å². The average molecular weight is 901 g/mol. The Bertz CT molecular complexity index is 4400. The summed E-state index contributed by atoms with van der Waals surface area (Å²) in [4.78, 5) is 16.1. The van der Waals surface area contributed by atoms with Crippen molar-refractivity contribution in [2.75, 3.05) is 0 Å². The fourth-order valence-corrected chi connectivity index (χ4v) is 12.5. The summed E-state index contributed by atoms with van der Waals surface area (Å²) in [7, 11) is 0. The molecule has 9 aromatic carbocycles. The van der Waals surface area contributed by atoms with Crippen LogP contribution in [0.2, 0.25) is 0 Å². The standard InChI is InChI=1S/C62H40N6S/c1-37-13-12-23-53-55(37)58-56(67(53)47-32-30-42-35-46(31-29-43(42)36-47)66-52-22-10-7-19-49(52)59-57(66)50-20-8-11-24-54(50)69-59)48-18-6-9-21-51(48)68(58)62-64-60(44-27-25-38-14-2-4-16-40(38)33-44)63-61(65-62)45-28-26-39-15-3-5-17-41(39)34-45/h2-12,14-37H,13H2,1H3. The summed E-state index contributed by atoms with van der Waals surface area (Å²) in [5.41, 5.74) is 12.5. The van der Waals surface area contributed by atoms with Crippen LogP contribution in [0.5, 0.6) is 0 Å². The van der Waals surface area contributed by atoms with E-state index in [0.717, 1.165) is 61.6 Å². The van der Waals surface area contributed by atoms with Gasteiger partial charge in [0.1, 0.15) is 0 Å². The largest absolute Gasteiger partial charge is 0.308 e. The minimum atomic E-state index is 0.253. The first-order valence-corrected chi connectivity index (χ1v) is 24.5. The summed E-state index contributed by atoms with van der Waals surface area (Å²) in [5.74, 6) is 2.12. The third kappa shape index (κ3) is 5.74. The molecule has 0 fully saturated rings. The summed E-state index contributed by atoms with van der Waals surface area (Å²) in [6.07, 6.45) is 5.59. The van der Waals surface area contributed by atoms with Gasteiger partial charge in [0.2, 0.25) is 5.95 Å². The van der Waals surface area contributed by atoms with Gasteiger partial charge >= 0.3 is 0 Å². The summed E-state index contributed by atoms with van der Waals surface area (Å²) >= 11 is 1.88. The number of rotatable bonds is 5. The first kappa shape index (κ1) is 38.5. The Labute approximate surface area is 400 Å². The molecule has 6 nitrogen and oxygen atoms in total. The third-order valence-corrected chi connectivity index (χ3v) is 15.6. The van der Waals surface area contributed by atoms with Crippen LogP contribution < -0.4 is 0 Å². The van der Waals surface area contributed by atoms with Gasteiger partial charge in [0.25, 0.3) is 0 Å². The highest BCUT2D eigenvalue weighted by atomic mass is 32.1. The third-order valence-electron chi connectivity index (χ3n) is 14.4. The predicted molar refractivity (Wildman–Crippen MR) is 289 cm³/mol. The van der Waals surface area contributed by atoms with Crippen molar-refractivity contribution in [3.8, 4) is 40.1 Å². The van der Waals surface area contributed by atoms with Crippen LogP contribution in [-0.2, 0) is 0 Å². The molecule has 5 aromatic heterocycles. The molecule has 1 aliphatic rings. The lowest BCUT2D eigenvalue weighted by atomic mass is 9.92. The molecule has 0 spiro atoms. The van der Waals surface area contributed by atoms with Crippen molar-refractivity contribution in [1.29, 1.82) is 0 Å². The molecule has 7 heteroatoms. The van der Waals surface area contributed by atoms with Gasteiger partial charge < -0.3 is 9.13 Å². The van der Waals surface area contributed by atoms with E-state index in [1.54, 1.807) is 0 Å². The Balaban J connectivity index is 0.950. The van der Waals surface area contributed by atoms with Gasteiger partial charge in [-0.2, -0.15) is 9.97 Å². The highest BCUT2D eigenvalue weighted by Gasteiger charge is 2.30. The van der Waals surface area contributed by atoms with Crippen LogP contribution in [-0.4, -0.2) is 28.7 Å². The van der Waals surface area contributed by atoms with Crippen molar-refractivity contribution in [3.05, 3.63) is 211 Å². The van der Waals surface area contributed by atoms with Gasteiger partial charge in [0.05, 0.1) is 38.0 Å². The van der Waals surface area contributed by atoms with Crippen LogP contribution in [0.4, 0.5) is 0 Å². The maximum atomic E-state index is 5.43. The molecule has 14 aromatic rings. The minimum absolute atomic E-state index is 0.253. The Morgan fingerprint density at radius 3 is 1.67 bits per heavy atom. The topological polar surface area (TPSA) is 53.5 Å². The van der Waals surface area contributed by atoms with E-state index in [2.05, 4.69) is 227 Å². The summed E-state index contributed by atoms with van der Waals surface area (Å²) in [6.45, 7) is 2.35. The second-order valence-corrected chi connectivity index (χ2v) is 19.5. The zero-order chi connectivity index (χ0) is 45.3. The van der Waals surface area contributed by atoms with E-state index < -0.39 is 0 Å². The van der Waals surface area contributed by atoms with Crippen molar-refractivity contribution >= 4 is 103 Å². The van der Waals surface area contributed by atoms with E-state index in [9.17, 15) is 0 Å². The highest BCUT2D eigenvalue weighted by Crippen LogP contribution is 2.46. The average Bonchev–Trinajstić information content (AvgIpc) is 4.14. The highest BCUT2D eigenvalue weighted by molar-refractivity contribution is 7.26. The lowest BCUT2D eigenvalue weighted by Gasteiger charge is -2.19. The van der Waals surface area contributed by atoms with Crippen molar-refractivity contribution in [3.63, 3.8) is 0 Å². The number of para-hydroxylation sites is 2. The molecule has 5 heterocycles. The molecule has 0 N–H and O–H groups in total. The molecule has 1 aliphatic carbocycles. The number of aromatic nitrogens is 6. The first-order chi connectivity index (χ1) is 34.1. The van der Waals surface area contributed by atoms with Crippen molar-refractivity contribution in [2.24, 2.45) is 0 Å². The van der Waals surface area contributed by atoms with Crippen molar-refractivity contribution < 1.29 is 0 Å². The minimum Gasteiger partial charge on any atom is -0.308 e. The molecule has 0 radical (unpaired) electrons. The molecule has 15 rings (SSSR count). The molecule has 1 atom stereocenters. The first-order valence-electron chi connectivity index (χ1n) is 23.7. The van der Waals surface area contributed by atoms with Gasteiger partial charge in [-0.05, 0) is 105 Å². The summed E-state index contributed by atoms with van der Waals surface area (Å²) < 4.78 is 9.90. The molecular formula is C62H40N6S. The number of allylic oxidation sites excluding steroid dienone is 1. The number of hydrogen-bond acceptors (Lipinski definition) is 4. The van der Waals surface area contributed by atoms with E-state index in [0.29, 0.717) is 17.6 Å². The van der Waals surface area contributed by atoms with E-state index in [-0.39, 0.29) is 5.92 Å². The van der Waals surface area contributed by atoms with Gasteiger partial charge in [-0.1, -0.05) is 153 Å². The molecule has 0 saturated carbocycles. The van der Waals surface area contributed by atoms with Crippen LogP contribution in [0.25, 0.3) is 132 Å². The fourth-order valence-electron chi connectivity index (χ4n) is 11.3. The molecule has 0 amide bonds. The zero-order valence-electron chi connectivity index (χ0n) is 37.5. The van der Waals surface area contributed by atoms with Gasteiger partial charge in [0, 0.05) is 48.9 Å². The number of hydrogen-bond donors (Lipinski definition) is 0. The SMILES string of the molecule is CC1CC=Cc2c1c1c(c3ccccc3n1-c1nc(-c3ccc4ccccc4c3)nc(-c3ccc4ccccc4c3)n1)n2-c1ccc2cc(-n3c4ccccc4c4sc5ccccc5c43)ccc2c1. The molecule has 69 heavy (non-hydrogen) atoms. The monoisotopic (exact) mass is 900 g/mol. The second kappa shape index (κ2) is 14.7. The Hall–Kier alpha value is -8.65. The zero-order valence-corrected chi connectivity index (χ0v) is 38.3. The van der Waals surface area contributed by atoms with E-state index >= 15 is 0 Å². The maximum absolute atomic E-state index is 5.43. The molecule has 0 bridgehead atoms. The van der Waals surface area contributed by atoms with E-state index in [4.69, 9.17) is 15.0 Å².